The van der Waals surface area contributed by atoms with Gasteiger partial charge >= 0.3 is 0 Å². The van der Waals surface area contributed by atoms with E-state index in [-0.39, 0.29) is 12.5 Å². The molecule has 1 saturated heterocycles. The molecule has 0 bridgehead atoms. The van der Waals surface area contributed by atoms with E-state index < -0.39 is 0 Å². The Morgan fingerprint density at radius 1 is 1.19 bits per heavy atom. The number of hydrogen-bond donors (Lipinski definition) is 1. The molecule has 3 rings (SSSR count). The molecule has 1 N–H and O–H groups in total. The van der Waals surface area contributed by atoms with Crippen LogP contribution in [0.15, 0.2) is 53.0 Å². The normalized spacial score (nSPS) is 14.8. The number of amides is 1. The first-order valence-electron chi connectivity index (χ1n) is 8.65. The second-order valence-electron chi connectivity index (χ2n) is 6.12. The van der Waals surface area contributed by atoms with Crippen LogP contribution in [0.1, 0.15) is 18.4 Å². The predicted molar refractivity (Wildman–Crippen MR) is 110 cm³/mol. The van der Waals surface area contributed by atoms with Gasteiger partial charge in [0.15, 0.2) is 6.61 Å². The molecule has 0 aromatic heterocycles. The van der Waals surface area contributed by atoms with Gasteiger partial charge in [0, 0.05) is 34.4 Å². The Morgan fingerprint density at radius 3 is 2.81 bits per heavy atom. The largest absolute Gasteiger partial charge is 0.484 e. The molecule has 2 aromatic rings. The number of nitrogens with one attached hydrogen (secondary N) is 1. The highest BCUT2D eigenvalue weighted by molar-refractivity contribution is 9.10. The van der Waals surface area contributed by atoms with E-state index in [0.29, 0.717) is 11.0 Å². The fourth-order valence-electron chi connectivity index (χ4n) is 2.70. The summed E-state index contributed by atoms with van der Waals surface area (Å²) in [6.07, 6.45) is 2.24. The average molecular weight is 436 g/mol. The highest BCUT2D eigenvalue weighted by Gasteiger charge is 2.14. The quantitative estimate of drug-likeness (QED) is 0.672. The molecule has 6 heteroatoms. The van der Waals surface area contributed by atoms with Crippen molar-refractivity contribution in [2.24, 2.45) is 0 Å². The van der Waals surface area contributed by atoms with Crippen LogP contribution in [0.3, 0.4) is 0 Å². The zero-order chi connectivity index (χ0) is 18.2. The van der Waals surface area contributed by atoms with Gasteiger partial charge in [-0.2, -0.15) is 11.8 Å². The molecule has 0 spiro atoms. The number of thioether (sulfide) groups is 1. The van der Waals surface area contributed by atoms with Crippen LogP contribution in [0.25, 0.3) is 0 Å². The molecule has 1 fully saturated rings. The van der Waals surface area contributed by atoms with Gasteiger partial charge in [-0.05, 0) is 48.7 Å². The van der Waals surface area contributed by atoms with Gasteiger partial charge in [-0.25, -0.2) is 0 Å². The number of rotatable bonds is 7. The number of hydrogen-bond acceptors (Lipinski definition) is 4. The SMILES string of the molecule is O=C(COc1cccc(Br)c1)Nc1cccc(CSC2CCOCC2)c1. The van der Waals surface area contributed by atoms with Crippen molar-refractivity contribution in [2.45, 2.75) is 23.8 Å². The first-order valence-corrected chi connectivity index (χ1v) is 10.5. The second-order valence-corrected chi connectivity index (χ2v) is 8.32. The van der Waals surface area contributed by atoms with E-state index in [0.717, 1.165) is 42.0 Å². The summed E-state index contributed by atoms with van der Waals surface area (Å²) in [6, 6.07) is 15.5. The lowest BCUT2D eigenvalue weighted by atomic mass is 10.2. The lowest BCUT2D eigenvalue weighted by Gasteiger charge is -2.21. The number of carbonyl (C=O) groups excluding carboxylic acids is 1. The standard InChI is InChI=1S/C20H22BrNO3S/c21-16-4-2-6-18(12-16)25-13-20(23)22-17-5-1-3-15(11-17)14-26-19-7-9-24-10-8-19/h1-6,11-12,19H,7-10,13-14H2,(H,22,23). The van der Waals surface area contributed by atoms with Crippen molar-refractivity contribution in [2.75, 3.05) is 25.1 Å². The monoisotopic (exact) mass is 435 g/mol. The molecule has 1 heterocycles. The molecule has 0 radical (unpaired) electrons. The Morgan fingerprint density at radius 2 is 2.00 bits per heavy atom. The maximum absolute atomic E-state index is 12.1. The Balaban J connectivity index is 1.47. The Bertz CT molecular complexity index is 735. The summed E-state index contributed by atoms with van der Waals surface area (Å²) < 4.78 is 11.8. The van der Waals surface area contributed by atoms with Crippen LogP contribution in [0.4, 0.5) is 5.69 Å². The van der Waals surface area contributed by atoms with Crippen molar-refractivity contribution in [3.63, 3.8) is 0 Å². The van der Waals surface area contributed by atoms with Crippen LogP contribution in [-0.2, 0) is 15.3 Å². The minimum absolute atomic E-state index is 0.0164. The zero-order valence-electron chi connectivity index (χ0n) is 14.4. The molecule has 1 aliphatic heterocycles. The van der Waals surface area contributed by atoms with E-state index in [4.69, 9.17) is 9.47 Å². The van der Waals surface area contributed by atoms with Crippen LogP contribution >= 0.6 is 27.7 Å². The van der Waals surface area contributed by atoms with Gasteiger partial charge < -0.3 is 14.8 Å². The van der Waals surface area contributed by atoms with E-state index in [1.165, 1.54) is 5.56 Å². The first-order chi connectivity index (χ1) is 12.7. The molecule has 0 saturated carbocycles. The van der Waals surface area contributed by atoms with Crippen molar-refractivity contribution < 1.29 is 14.3 Å². The molecule has 1 amide bonds. The van der Waals surface area contributed by atoms with Crippen molar-refractivity contribution in [1.29, 1.82) is 0 Å². The zero-order valence-corrected chi connectivity index (χ0v) is 16.9. The summed E-state index contributed by atoms with van der Waals surface area (Å²) in [5.41, 5.74) is 2.02. The predicted octanol–water partition coefficient (Wildman–Crippen LogP) is 4.88. The number of carbonyl (C=O) groups is 1. The number of anilines is 1. The maximum atomic E-state index is 12.1. The summed E-state index contributed by atoms with van der Waals surface area (Å²) in [6.45, 7) is 1.72. The van der Waals surface area contributed by atoms with Crippen LogP contribution in [0, 0.1) is 0 Å². The smallest absolute Gasteiger partial charge is 0.262 e. The minimum Gasteiger partial charge on any atom is -0.484 e. The van der Waals surface area contributed by atoms with Crippen LogP contribution in [0.2, 0.25) is 0 Å². The molecule has 4 nitrogen and oxygen atoms in total. The van der Waals surface area contributed by atoms with Crippen molar-refractivity contribution in [3.05, 3.63) is 58.6 Å². The van der Waals surface area contributed by atoms with Crippen LogP contribution in [-0.4, -0.2) is 31.0 Å². The van der Waals surface area contributed by atoms with Gasteiger partial charge in [0.1, 0.15) is 5.75 Å². The molecule has 2 aromatic carbocycles. The fourth-order valence-corrected chi connectivity index (χ4v) is 4.21. The van der Waals surface area contributed by atoms with Gasteiger partial charge in [0.2, 0.25) is 0 Å². The molecule has 26 heavy (non-hydrogen) atoms. The topological polar surface area (TPSA) is 47.6 Å². The van der Waals surface area contributed by atoms with Gasteiger partial charge in [-0.15, -0.1) is 0 Å². The first kappa shape index (κ1) is 19.3. The number of halogens is 1. The highest BCUT2D eigenvalue weighted by atomic mass is 79.9. The van der Waals surface area contributed by atoms with Gasteiger partial charge in [-0.1, -0.05) is 34.1 Å². The Labute approximate surface area is 166 Å². The molecule has 1 aliphatic rings. The van der Waals surface area contributed by atoms with Crippen LogP contribution < -0.4 is 10.1 Å². The van der Waals surface area contributed by atoms with Gasteiger partial charge in [0.05, 0.1) is 0 Å². The average Bonchev–Trinajstić information content (AvgIpc) is 2.66. The molecular weight excluding hydrogens is 414 g/mol. The Hall–Kier alpha value is -1.50. The molecular formula is C20H22BrNO3S. The highest BCUT2D eigenvalue weighted by Crippen LogP contribution is 2.26. The third-order valence-electron chi connectivity index (χ3n) is 4.03. The summed E-state index contributed by atoms with van der Waals surface area (Å²) in [5.74, 6) is 1.44. The minimum atomic E-state index is -0.167. The second kappa shape index (κ2) is 10.00. The molecule has 0 atom stereocenters. The van der Waals surface area contributed by atoms with Gasteiger partial charge in [-0.3, -0.25) is 4.79 Å². The van der Waals surface area contributed by atoms with Gasteiger partial charge in [0.25, 0.3) is 5.91 Å². The summed E-state index contributed by atoms with van der Waals surface area (Å²) in [4.78, 5) is 12.1. The van der Waals surface area contributed by atoms with Crippen molar-refractivity contribution in [3.8, 4) is 5.75 Å². The van der Waals surface area contributed by atoms with E-state index in [1.807, 2.05) is 54.2 Å². The third-order valence-corrected chi connectivity index (χ3v) is 5.97. The van der Waals surface area contributed by atoms with Crippen LogP contribution in [0.5, 0.6) is 5.75 Å². The molecule has 0 unspecified atom stereocenters. The number of benzene rings is 2. The van der Waals surface area contributed by atoms with E-state index in [9.17, 15) is 4.79 Å². The Kier molecular flexibility index (Phi) is 7.41. The molecule has 0 aliphatic carbocycles. The van der Waals surface area contributed by atoms with E-state index in [2.05, 4.69) is 27.3 Å². The third kappa shape index (κ3) is 6.34. The van der Waals surface area contributed by atoms with Crippen molar-refractivity contribution >= 4 is 39.3 Å². The summed E-state index contributed by atoms with van der Waals surface area (Å²) in [5, 5.41) is 3.57. The fraction of sp³-hybridized carbons (Fsp3) is 0.350. The maximum Gasteiger partial charge on any atom is 0.262 e. The lowest BCUT2D eigenvalue weighted by Crippen LogP contribution is -2.20. The van der Waals surface area contributed by atoms with E-state index in [1.54, 1.807) is 0 Å². The summed E-state index contributed by atoms with van der Waals surface area (Å²) in [7, 11) is 0. The summed E-state index contributed by atoms with van der Waals surface area (Å²) >= 11 is 5.35. The van der Waals surface area contributed by atoms with Crippen molar-refractivity contribution in [1.82, 2.24) is 0 Å². The molecule has 138 valence electrons. The number of ether oxygens (including phenoxy) is 2. The lowest BCUT2D eigenvalue weighted by molar-refractivity contribution is -0.118. The van der Waals surface area contributed by atoms with E-state index >= 15 is 0 Å².